The van der Waals surface area contributed by atoms with Gasteiger partial charge in [-0.2, -0.15) is 5.26 Å². The van der Waals surface area contributed by atoms with Crippen LogP contribution in [0.2, 0.25) is 0 Å². The van der Waals surface area contributed by atoms with E-state index >= 15 is 0 Å². The molecular formula is C17H13N4OP. The van der Waals surface area contributed by atoms with Gasteiger partial charge in [-0.3, -0.25) is 9.20 Å². The molecule has 6 heteroatoms. The fourth-order valence-electron chi connectivity index (χ4n) is 2.96. The van der Waals surface area contributed by atoms with Crippen molar-refractivity contribution in [2.24, 2.45) is 0 Å². The van der Waals surface area contributed by atoms with Crippen molar-refractivity contribution in [3.05, 3.63) is 59.4 Å². The van der Waals surface area contributed by atoms with Crippen LogP contribution in [0, 0.1) is 11.3 Å². The largest absolute Gasteiger partial charge is 0.322 e. The van der Waals surface area contributed by atoms with Gasteiger partial charge in [0, 0.05) is 18.5 Å². The molecule has 5 nitrogen and oxygen atoms in total. The standard InChI is InChI=1S/C17H13N4OP/c18-10-11-4-6-12(7-5-11)16-13-8-9-20(23)17(22)14-2-1-3-15(19-16)21(13)14/h1-7H,8-9,23H2. The van der Waals surface area contributed by atoms with Gasteiger partial charge in [-0.15, -0.1) is 0 Å². The molecule has 1 aliphatic rings. The summed E-state index contributed by atoms with van der Waals surface area (Å²) in [5.74, 6) is -0.0249. The first-order valence-corrected chi connectivity index (χ1v) is 7.78. The lowest BCUT2D eigenvalue weighted by Crippen LogP contribution is -2.21. The number of hydrogen-bond acceptors (Lipinski definition) is 3. The lowest BCUT2D eigenvalue weighted by Gasteiger charge is -2.13. The molecule has 0 aliphatic carbocycles. The van der Waals surface area contributed by atoms with Gasteiger partial charge in [-0.1, -0.05) is 18.2 Å². The quantitative estimate of drug-likeness (QED) is 0.648. The predicted molar refractivity (Wildman–Crippen MR) is 89.8 cm³/mol. The SMILES string of the molecule is N#Cc1ccc(-c2nc3cccc4n3c2CCN(P)C4=O)cc1. The van der Waals surface area contributed by atoms with Gasteiger partial charge in [0.05, 0.1) is 23.0 Å². The second-order valence-electron chi connectivity index (χ2n) is 5.45. The van der Waals surface area contributed by atoms with Crippen molar-refractivity contribution in [3.63, 3.8) is 0 Å². The number of nitrogens with zero attached hydrogens (tertiary/aromatic N) is 4. The van der Waals surface area contributed by atoms with E-state index in [4.69, 9.17) is 10.2 Å². The third kappa shape index (κ3) is 2.11. The van der Waals surface area contributed by atoms with Gasteiger partial charge < -0.3 is 4.67 Å². The summed E-state index contributed by atoms with van der Waals surface area (Å²) < 4.78 is 3.60. The van der Waals surface area contributed by atoms with E-state index in [1.54, 1.807) is 16.8 Å². The topological polar surface area (TPSA) is 61.4 Å². The number of pyridine rings is 1. The molecule has 112 valence electrons. The molecule has 4 rings (SSSR count). The van der Waals surface area contributed by atoms with Crippen LogP contribution in [-0.2, 0) is 6.42 Å². The van der Waals surface area contributed by atoms with Crippen molar-refractivity contribution < 1.29 is 4.79 Å². The molecule has 2 aromatic heterocycles. The number of amides is 1. The number of hydrogen-bond donors (Lipinski definition) is 0. The molecule has 0 saturated heterocycles. The normalized spacial score (nSPS) is 13.9. The molecule has 3 heterocycles. The highest BCUT2D eigenvalue weighted by atomic mass is 31.0. The van der Waals surface area contributed by atoms with Crippen LogP contribution in [0.4, 0.5) is 0 Å². The van der Waals surface area contributed by atoms with Gasteiger partial charge in [0.1, 0.15) is 11.3 Å². The molecular weight excluding hydrogens is 307 g/mol. The minimum absolute atomic E-state index is 0.0249. The molecule has 3 aromatic rings. The van der Waals surface area contributed by atoms with Crippen molar-refractivity contribution in [1.29, 1.82) is 5.26 Å². The predicted octanol–water partition coefficient (Wildman–Crippen LogP) is 2.66. The van der Waals surface area contributed by atoms with Gasteiger partial charge in [-0.05, 0) is 33.7 Å². The highest BCUT2D eigenvalue weighted by Gasteiger charge is 2.24. The van der Waals surface area contributed by atoms with Crippen LogP contribution in [0.3, 0.4) is 0 Å². The Morgan fingerprint density at radius 1 is 1.17 bits per heavy atom. The molecule has 0 spiro atoms. The van der Waals surface area contributed by atoms with E-state index in [0.29, 0.717) is 17.8 Å². The van der Waals surface area contributed by atoms with E-state index in [0.717, 1.165) is 29.0 Å². The van der Waals surface area contributed by atoms with E-state index in [1.165, 1.54) is 0 Å². The maximum atomic E-state index is 12.5. The van der Waals surface area contributed by atoms with Crippen LogP contribution in [0.5, 0.6) is 0 Å². The highest BCUT2D eigenvalue weighted by molar-refractivity contribution is 7.14. The van der Waals surface area contributed by atoms with Crippen molar-refractivity contribution >= 4 is 20.9 Å². The number of nitriles is 1. The number of imidazole rings is 1. The number of aromatic nitrogens is 2. The lowest BCUT2D eigenvalue weighted by molar-refractivity contribution is 0.0870. The van der Waals surface area contributed by atoms with Crippen LogP contribution >= 0.6 is 9.39 Å². The molecule has 1 aliphatic heterocycles. The van der Waals surface area contributed by atoms with Crippen LogP contribution in [0.15, 0.2) is 42.5 Å². The number of rotatable bonds is 1. The maximum absolute atomic E-state index is 12.5. The van der Waals surface area contributed by atoms with Gasteiger partial charge in [0.15, 0.2) is 0 Å². The second-order valence-corrected chi connectivity index (χ2v) is 6.07. The Morgan fingerprint density at radius 2 is 1.96 bits per heavy atom. The Hall–Kier alpha value is -2.70. The average molecular weight is 320 g/mol. The highest BCUT2D eigenvalue weighted by Crippen LogP contribution is 2.29. The van der Waals surface area contributed by atoms with E-state index in [1.807, 2.05) is 34.7 Å². The minimum atomic E-state index is -0.0249. The molecule has 0 N–H and O–H groups in total. The summed E-state index contributed by atoms with van der Waals surface area (Å²) in [6, 6.07) is 15.1. The summed E-state index contributed by atoms with van der Waals surface area (Å²) in [5, 5.41) is 8.94. The number of benzene rings is 1. The van der Waals surface area contributed by atoms with Crippen LogP contribution in [0.25, 0.3) is 16.9 Å². The Bertz CT molecular complexity index is 969. The Morgan fingerprint density at radius 3 is 2.70 bits per heavy atom. The van der Waals surface area contributed by atoms with Gasteiger partial charge in [0.2, 0.25) is 0 Å². The van der Waals surface area contributed by atoms with E-state index < -0.39 is 0 Å². The van der Waals surface area contributed by atoms with Crippen molar-refractivity contribution in [1.82, 2.24) is 14.1 Å². The summed E-state index contributed by atoms with van der Waals surface area (Å²) >= 11 is 0. The smallest absolute Gasteiger partial charge is 0.273 e. The molecule has 0 radical (unpaired) electrons. The van der Waals surface area contributed by atoms with Crippen LogP contribution in [0.1, 0.15) is 21.7 Å². The Labute approximate surface area is 135 Å². The van der Waals surface area contributed by atoms with Crippen molar-refractivity contribution in [3.8, 4) is 17.3 Å². The Kier molecular flexibility index (Phi) is 3.14. The van der Waals surface area contributed by atoms with Crippen molar-refractivity contribution in [2.45, 2.75) is 6.42 Å². The third-order valence-corrected chi connectivity index (χ3v) is 4.59. The summed E-state index contributed by atoms with van der Waals surface area (Å²) in [6.45, 7) is 0.620. The molecule has 1 amide bonds. The first-order valence-electron chi connectivity index (χ1n) is 7.26. The summed E-state index contributed by atoms with van der Waals surface area (Å²) in [4.78, 5) is 17.2. The lowest BCUT2D eigenvalue weighted by atomic mass is 10.1. The number of carbonyl (C=O) groups excluding carboxylic acids is 1. The average Bonchev–Trinajstić information content (AvgIpc) is 2.91. The third-order valence-electron chi connectivity index (χ3n) is 4.10. The molecule has 1 unspecified atom stereocenters. The maximum Gasteiger partial charge on any atom is 0.273 e. The first kappa shape index (κ1) is 13.9. The second kappa shape index (κ2) is 5.19. The minimum Gasteiger partial charge on any atom is -0.322 e. The molecule has 0 fully saturated rings. The zero-order valence-electron chi connectivity index (χ0n) is 12.2. The van der Waals surface area contributed by atoms with Crippen molar-refractivity contribution in [2.75, 3.05) is 6.54 Å². The van der Waals surface area contributed by atoms with E-state index in [2.05, 4.69) is 15.5 Å². The van der Waals surface area contributed by atoms with Gasteiger partial charge in [0.25, 0.3) is 5.91 Å². The van der Waals surface area contributed by atoms with Gasteiger partial charge in [-0.25, -0.2) is 4.98 Å². The number of carbonyl (C=O) groups is 1. The summed E-state index contributed by atoms with van der Waals surface area (Å²) in [7, 11) is 2.49. The molecule has 1 aromatic carbocycles. The zero-order chi connectivity index (χ0) is 16.0. The zero-order valence-corrected chi connectivity index (χ0v) is 13.4. The molecule has 1 atom stereocenters. The van der Waals surface area contributed by atoms with Crippen LogP contribution in [-0.4, -0.2) is 26.5 Å². The monoisotopic (exact) mass is 320 g/mol. The summed E-state index contributed by atoms with van der Waals surface area (Å²) in [6.07, 6.45) is 0.725. The molecule has 0 saturated carbocycles. The molecule has 0 bridgehead atoms. The first-order chi connectivity index (χ1) is 11.2. The van der Waals surface area contributed by atoms with E-state index in [9.17, 15) is 4.79 Å². The fraction of sp³-hybridized carbons (Fsp3) is 0.118. The summed E-state index contributed by atoms with van der Waals surface area (Å²) in [5.41, 5.74) is 4.87. The van der Waals surface area contributed by atoms with Crippen LogP contribution < -0.4 is 0 Å². The fourth-order valence-corrected chi connectivity index (χ4v) is 3.22. The Balaban J connectivity index is 1.98. The molecule has 23 heavy (non-hydrogen) atoms. The van der Waals surface area contributed by atoms with Gasteiger partial charge >= 0.3 is 0 Å². The van der Waals surface area contributed by atoms with E-state index in [-0.39, 0.29) is 5.91 Å².